The highest BCUT2D eigenvalue weighted by molar-refractivity contribution is 8.00. The molecule has 0 aliphatic rings. The van der Waals surface area contributed by atoms with Crippen LogP contribution in [-0.4, -0.2) is 21.6 Å². The van der Waals surface area contributed by atoms with E-state index in [2.05, 4.69) is 33.5 Å². The molecule has 33 heavy (non-hydrogen) atoms. The highest BCUT2D eigenvalue weighted by atomic mass is 32.2. The molecule has 5 aromatic rings. The van der Waals surface area contributed by atoms with Crippen LogP contribution < -0.4 is 10.1 Å². The van der Waals surface area contributed by atoms with E-state index < -0.39 is 0 Å². The van der Waals surface area contributed by atoms with E-state index in [9.17, 15) is 4.79 Å². The molecular weight excluding hydrogens is 450 g/mol. The van der Waals surface area contributed by atoms with Crippen molar-refractivity contribution < 1.29 is 9.53 Å². The molecule has 5 rings (SSSR count). The molecule has 0 fully saturated rings. The first kappa shape index (κ1) is 21.2. The fraction of sp³-hybridized carbons (Fsp3) is 0.0385. The number of nitrogens with zero attached hydrogens (tertiary/aromatic N) is 2. The van der Waals surface area contributed by atoms with Gasteiger partial charge in [-0.25, -0.2) is 9.97 Å². The summed E-state index contributed by atoms with van der Waals surface area (Å²) < 4.78 is 5.79. The quantitative estimate of drug-likeness (QED) is 0.208. The lowest BCUT2D eigenvalue weighted by Gasteiger charge is -2.08. The Hall–Kier alpha value is -3.68. The normalized spacial score (nSPS) is 10.8. The summed E-state index contributed by atoms with van der Waals surface area (Å²) in [5, 5.41) is 4.71. The lowest BCUT2D eigenvalue weighted by atomic mass is 10.2. The lowest BCUT2D eigenvalue weighted by Crippen LogP contribution is -2.14. The minimum absolute atomic E-state index is 0.0954. The Kier molecular flexibility index (Phi) is 6.32. The van der Waals surface area contributed by atoms with Crippen molar-refractivity contribution >= 4 is 44.9 Å². The van der Waals surface area contributed by atoms with Crippen LogP contribution in [0.5, 0.6) is 11.5 Å². The zero-order valence-corrected chi connectivity index (χ0v) is 19.1. The standard InChI is InChI=1S/C26H19N3O2S2/c30-24(29-19-11-13-21(14-12-19)31-20-9-5-2-6-10-20)16-32-25-22-15-23(18-7-3-1-4-8-18)33-26(22)28-17-27-25/h1-15,17H,16H2,(H,29,30). The molecule has 0 bridgehead atoms. The average Bonchev–Trinajstić information content (AvgIpc) is 3.30. The number of rotatable bonds is 7. The van der Waals surface area contributed by atoms with E-state index in [1.54, 1.807) is 17.7 Å². The first-order valence-electron chi connectivity index (χ1n) is 10.3. The summed E-state index contributed by atoms with van der Waals surface area (Å²) in [6.45, 7) is 0. The van der Waals surface area contributed by atoms with Crippen LogP contribution in [0.1, 0.15) is 0 Å². The number of thiophene rings is 1. The zero-order valence-electron chi connectivity index (χ0n) is 17.5. The summed E-state index contributed by atoms with van der Waals surface area (Å²) in [5.41, 5.74) is 1.87. The molecule has 0 aliphatic carbocycles. The number of para-hydroxylation sites is 1. The number of thioether (sulfide) groups is 1. The van der Waals surface area contributed by atoms with E-state index in [1.807, 2.05) is 72.8 Å². The van der Waals surface area contributed by atoms with Crippen LogP contribution in [0, 0.1) is 0 Å². The number of amides is 1. The largest absolute Gasteiger partial charge is 0.457 e. The molecule has 1 amide bonds. The van der Waals surface area contributed by atoms with Gasteiger partial charge in [0, 0.05) is 16.0 Å². The Morgan fingerprint density at radius 2 is 1.58 bits per heavy atom. The summed E-state index contributed by atoms with van der Waals surface area (Å²) in [5.74, 6) is 1.64. The summed E-state index contributed by atoms with van der Waals surface area (Å²) in [7, 11) is 0. The Morgan fingerprint density at radius 3 is 2.33 bits per heavy atom. The van der Waals surface area contributed by atoms with Crippen molar-refractivity contribution in [2.24, 2.45) is 0 Å². The molecule has 0 saturated heterocycles. The van der Waals surface area contributed by atoms with Crippen molar-refractivity contribution in [1.29, 1.82) is 0 Å². The molecule has 0 spiro atoms. The number of fused-ring (bicyclic) bond motifs is 1. The van der Waals surface area contributed by atoms with Crippen molar-refractivity contribution in [3.8, 4) is 21.9 Å². The summed E-state index contributed by atoms with van der Waals surface area (Å²) in [4.78, 5) is 23.4. The maximum absolute atomic E-state index is 12.5. The minimum atomic E-state index is -0.0954. The topological polar surface area (TPSA) is 64.1 Å². The van der Waals surface area contributed by atoms with Crippen LogP contribution in [0.2, 0.25) is 0 Å². The molecule has 1 N–H and O–H groups in total. The molecule has 162 valence electrons. The van der Waals surface area contributed by atoms with Gasteiger partial charge in [0.25, 0.3) is 0 Å². The van der Waals surface area contributed by atoms with E-state index >= 15 is 0 Å². The predicted molar refractivity (Wildman–Crippen MR) is 135 cm³/mol. The summed E-state index contributed by atoms with van der Waals surface area (Å²) in [6.07, 6.45) is 1.55. The third-order valence-electron chi connectivity index (χ3n) is 4.81. The number of anilines is 1. The minimum Gasteiger partial charge on any atom is -0.457 e. The molecule has 0 atom stereocenters. The molecule has 0 unspecified atom stereocenters. The monoisotopic (exact) mass is 469 g/mol. The van der Waals surface area contributed by atoms with Crippen molar-refractivity contribution in [3.63, 3.8) is 0 Å². The Morgan fingerprint density at radius 1 is 0.879 bits per heavy atom. The number of carbonyl (C=O) groups excluding carboxylic acids is 1. The average molecular weight is 470 g/mol. The first-order valence-corrected chi connectivity index (χ1v) is 12.1. The van der Waals surface area contributed by atoms with Crippen LogP contribution in [0.15, 0.2) is 102 Å². The van der Waals surface area contributed by atoms with Crippen LogP contribution in [-0.2, 0) is 4.79 Å². The molecule has 2 heterocycles. The van der Waals surface area contributed by atoms with E-state index in [-0.39, 0.29) is 11.7 Å². The number of carbonyl (C=O) groups is 1. The molecule has 0 saturated carbocycles. The molecular formula is C26H19N3O2S2. The van der Waals surface area contributed by atoms with Gasteiger partial charge in [-0.05, 0) is 48.0 Å². The predicted octanol–water partition coefficient (Wildman–Crippen LogP) is 6.88. The van der Waals surface area contributed by atoms with Gasteiger partial charge in [0.2, 0.25) is 5.91 Å². The zero-order chi connectivity index (χ0) is 22.5. The summed E-state index contributed by atoms with van der Waals surface area (Å²) in [6, 6.07) is 29.2. The van der Waals surface area contributed by atoms with Crippen LogP contribution >= 0.6 is 23.1 Å². The molecule has 5 nitrogen and oxygen atoms in total. The molecule has 0 radical (unpaired) electrons. The van der Waals surface area contributed by atoms with E-state index in [0.717, 1.165) is 37.1 Å². The van der Waals surface area contributed by atoms with Gasteiger partial charge in [-0.2, -0.15) is 0 Å². The maximum Gasteiger partial charge on any atom is 0.234 e. The lowest BCUT2D eigenvalue weighted by molar-refractivity contribution is -0.113. The van der Waals surface area contributed by atoms with Crippen LogP contribution in [0.25, 0.3) is 20.7 Å². The number of nitrogens with one attached hydrogen (secondary N) is 1. The van der Waals surface area contributed by atoms with Gasteiger partial charge in [-0.15, -0.1) is 11.3 Å². The molecule has 7 heteroatoms. The number of hydrogen-bond donors (Lipinski definition) is 1. The second-order valence-corrected chi connectivity index (χ2v) is 9.15. The Labute approximate surface area is 199 Å². The molecule has 0 aliphatic heterocycles. The Balaban J connectivity index is 1.22. The van der Waals surface area contributed by atoms with Gasteiger partial charge >= 0.3 is 0 Å². The number of benzene rings is 3. The summed E-state index contributed by atoms with van der Waals surface area (Å²) >= 11 is 3.04. The van der Waals surface area contributed by atoms with Crippen molar-refractivity contribution in [2.75, 3.05) is 11.1 Å². The van der Waals surface area contributed by atoms with Gasteiger partial charge < -0.3 is 10.1 Å². The Bertz CT molecular complexity index is 1370. The van der Waals surface area contributed by atoms with E-state index in [1.165, 1.54) is 11.8 Å². The van der Waals surface area contributed by atoms with Crippen LogP contribution in [0.3, 0.4) is 0 Å². The second kappa shape index (κ2) is 9.85. The highest BCUT2D eigenvalue weighted by Gasteiger charge is 2.12. The van der Waals surface area contributed by atoms with Crippen molar-refractivity contribution in [3.05, 3.63) is 97.3 Å². The molecule has 3 aromatic carbocycles. The van der Waals surface area contributed by atoms with Crippen molar-refractivity contribution in [1.82, 2.24) is 9.97 Å². The smallest absolute Gasteiger partial charge is 0.234 e. The number of hydrogen-bond acceptors (Lipinski definition) is 6. The van der Waals surface area contributed by atoms with Crippen LogP contribution in [0.4, 0.5) is 5.69 Å². The van der Waals surface area contributed by atoms with Gasteiger partial charge in [-0.3, -0.25) is 4.79 Å². The van der Waals surface area contributed by atoms with Gasteiger partial charge in [-0.1, -0.05) is 60.3 Å². The van der Waals surface area contributed by atoms with E-state index in [4.69, 9.17) is 4.74 Å². The van der Waals surface area contributed by atoms with Gasteiger partial charge in [0.1, 0.15) is 27.7 Å². The highest BCUT2D eigenvalue weighted by Crippen LogP contribution is 2.36. The second-order valence-electron chi connectivity index (χ2n) is 7.15. The first-order chi connectivity index (χ1) is 16.2. The van der Waals surface area contributed by atoms with Gasteiger partial charge in [0.05, 0.1) is 5.75 Å². The fourth-order valence-electron chi connectivity index (χ4n) is 3.26. The third-order valence-corrected chi connectivity index (χ3v) is 6.91. The number of aromatic nitrogens is 2. The van der Waals surface area contributed by atoms with E-state index in [0.29, 0.717) is 5.75 Å². The SMILES string of the molecule is O=C(CSc1ncnc2sc(-c3ccccc3)cc12)Nc1ccc(Oc2ccccc2)cc1. The fourth-order valence-corrected chi connectivity index (χ4v) is 5.10. The number of ether oxygens (including phenoxy) is 1. The maximum atomic E-state index is 12.5. The van der Waals surface area contributed by atoms with Crippen molar-refractivity contribution in [2.45, 2.75) is 5.03 Å². The third kappa shape index (κ3) is 5.22. The van der Waals surface area contributed by atoms with Gasteiger partial charge in [0.15, 0.2) is 0 Å². The molecule has 2 aromatic heterocycles.